The van der Waals surface area contributed by atoms with Crippen LogP contribution in [0.2, 0.25) is 5.02 Å². The smallest absolute Gasteiger partial charge is 0.320 e. The van der Waals surface area contributed by atoms with E-state index in [0.717, 1.165) is 11.1 Å². The van der Waals surface area contributed by atoms with Gasteiger partial charge in [0.05, 0.1) is 19.3 Å². The molecule has 1 N–H and O–H groups in total. The van der Waals surface area contributed by atoms with Crippen LogP contribution in [0.5, 0.6) is 5.75 Å². The van der Waals surface area contributed by atoms with E-state index >= 15 is 0 Å². The number of halogens is 1. The predicted octanol–water partition coefficient (Wildman–Crippen LogP) is 4.53. The van der Waals surface area contributed by atoms with Crippen molar-refractivity contribution >= 4 is 29.2 Å². The summed E-state index contributed by atoms with van der Waals surface area (Å²) in [6.45, 7) is 0.810. The van der Waals surface area contributed by atoms with Gasteiger partial charge in [0.2, 0.25) is 0 Å². The van der Waals surface area contributed by atoms with Crippen molar-refractivity contribution in [3.05, 3.63) is 95.0 Å². The van der Waals surface area contributed by atoms with Crippen molar-refractivity contribution in [1.29, 1.82) is 0 Å². The van der Waals surface area contributed by atoms with Crippen molar-refractivity contribution in [2.75, 3.05) is 25.6 Å². The first-order valence-electron chi connectivity index (χ1n) is 10.1. The van der Waals surface area contributed by atoms with E-state index in [0.29, 0.717) is 29.5 Å². The summed E-state index contributed by atoms with van der Waals surface area (Å²) >= 11 is 5.98. The van der Waals surface area contributed by atoms with Crippen molar-refractivity contribution in [3.8, 4) is 5.75 Å². The Balaban J connectivity index is 1.57. The quantitative estimate of drug-likeness (QED) is 0.458. The maximum absolute atomic E-state index is 12.5. The van der Waals surface area contributed by atoms with Gasteiger partial charge in [0.1, 0.15) is 5.75 Å². The number of carbonyl (C=O) groups is 2. The minimum atomic E-state index is -0.481. The zero-order valence-corrected chi connectivity index (χ0v) is 18.5. The molecule has 0 saturated heterocycles. The maximum Gasteiger partial charge on any atom is 0.320 e. The number of rotatable bonds is 10. The van der Waals surface area contributed by atoms with Gasteiger partial charge >= 0.3 is 5.97 Å². The Kier molecular flexibility index (Phi) is 8.66. The summed E-state index contributed by atoms with van der Waals surface area (Å²) < 4.78 is 10.4. The van der Waals surface area contributed by atoms with Crippen LogP contribution in [0.1, 0.15) is 11.1 Å². The molecular weight excluding hydrogens is 428 g/mol. The van der Waals surface area contributed by atoms with Gasteiger partial charge in [-0.25, -0.2) is 0 Å². The first-order valence-corrected chi connectivity index (χ1v) is 10.5. The summed E-state index contributed by atoms with van der Waals surface area (Å²) in [4.78, 5) is 26.7. The van der Waals surface area contributed by atoms with Crippen LogP contribution >= 0.6 is 11.6 Å². The lowest BCUT2D eigenvalue weighted by molar-refractivity contribution is -0.148. The van der Waals surface area contributed by atoms with Crippen LogP contribution in [0.3, 0.4) is 0 Å². The summed E-state index contributed by atoms with van der Waals surface area (Å²) in [5, 5.41) is 3.11. The molecule has 7 heteroatoms. The van der Waals surface area contributed by atoms with Crippen molar-refractivity contribution in [3.63, 3.8) is 0 Å². The number of hydrogen-bond donors (Lipinski definition) is 1. The van der Waals surface area contributed by atoms with Crippen molar-refractivity contribution in [2.45, 2.75) is 13.1 Å². The summed E-state index contributed by atoms with van der Waals surface area (Å²) in [7, 11) is 1.49. The van der Waals surface area contributed by atoms with E-state index in [4.69, 9.17) is 21.1 Å². The van der Waals surface area contributed by atoms with Crippen LogP contribution in [0, 0.1) is 0 Å². The largest absolute Gasteiger partial charge is 0.495 e. The number of ether oxygens (including phenoxy) is 2. The molecule has 0 atom stereocenters. The molecule has 0 bridgehead atoms. The number of nitrogens with one attached hydrogen (secondary N) is 1. The highest BCUT2D eigenvalue weighted by atomic mass is 35.5. The number of hydrogen-bond acceptors (Lipinski definition) is 5. The fraction of sp³-hybridized carbons (Fsp3) is 0.200. The lowest BCUT2D eigenvalue weighted by Crippen LogP contribution is -2.32. The van der Waals surface area contributed by atoms with E-state index in [-0.39, 0.29) is 6.54 Å². The Morgan fingerprint density at radius 1 is 0.906 bits per heavy atom. The van der Waals surface area contributed by atoms with Crippen LogP contribution in [0.4, 0.5) is 5.69 Å². The number of benzene rings is 3. The molecule has 0 radical (unpaired) electrons. The number of esters is 1. The molecule has 3 rings (SSSR count). The van der Waals surface area contributed by atoms with Crippen LogP contribution in [-0.2, 0) is 27.4 Å². The molecule has 0 aliphatic heterocycles. The minimum absolute atomic E-state index is 0.0531. The van der Waals surface area contributed by atoms with Gasteiger partial charge in [0, 0.05) is 18.1 Å². The van der Waals surface area contributed by atoms with E-state index < -0.39 is 18.5 Å². The van der Waals surface area contributed by atoms with Gasteiger partial charge < -0.3 is 14.8 Å². The van der Waals surface area contributed by atoms with Crippen LogP contribution < -0.4 is 10.1 Å². The fourth-order valence-electron chi connectivity index (χ4n) is 3.19. The molecule has 0 aliphatic carbocycles. The highest BCUT2D eigenvalue weighted by Gasteiger charge is 2.16. The fourth-order valence-corrected chi connectivity index (χ4v) is 3.36. The average molecular weight is 453 g/mol. The summed E-state index contributed by atoms with van der Waals surface area (Å²) in [5.74, 6) is -0.493. The second-order valence-electron chi connectivity index (χ2n) is 7.17. The Hall–Kier alpha value is -3.35. The topological polar surface area (TPSA) is 67.9 Å². The molecule has 3 aromatic rings. The van der Waals surface area contributed by atoms with Crippen molar-refractivity contribution < 1.29 is 19.1 Å². The number of carbonyl (C=O) groups excluding carboxylic acids is 2. The Morgan fingerprint density at radius 3 is 2.06 bits per heavy atom. The molecule has 0 unspecified atom stereocenters. The lowest BCUT2D eigenvalue weighted by atomic mass is 10.1. The van der Waals surface area contributed by atoms with Gasteiger partial charge in [-0.2, -0.15) is 0 Å². The predicted molar refractivity (Wildman–Crippen MR) is 125 cm³/mol. The normalized spacial score (nSPS) is 10.6. The lowest BCUT2D eigenvalue weighted by Gasteiger charge is -2.21. The monoisotopic (exact) mass is 452 g/mol. The van der Waals surface area contributed by atoms with E-state index in [1.165, 1.54) is 7.11 Å². The first kappa shape index (κ1) is 23.3. The zero-order chi connectivity index (χ0) is 22.8. The standard InChI is InChI=1S/C25H25ClN2O4/c1-31-23-13-12-21(26)14-22(23)27-24(29)18-32-25(30)17-28(15-19-8-4-2-5-9-19)16-20-10-6-3-7-11-20/h2-14H,15-18H2,1H3,(H,27,29). The summed E-state index contributed by atoms with van der Waals surface area (Å²) in [5.41, 5.74) is 2.58. The van der Waals surface area contributed by atoms with Gasteiger partial charge in [-0.15, -0.1) is 0 Å². The van der Waals surface area contributed by atoms with Crippen molar-refractivity contribution in [1.82, 2.24) is 4.90 Å². The molecule has 0 aliphatic rings. The molecule has 166 valence electrons. The third kappa shape index (κ3) is 7.41. The van der Waals surface area contributed by atoms with E-state index in [1.807, 2.05) is 65.6 Å². The SMILES string of the molecule is COc1ccc(Cl)cc1NC(=O)COC(=O)CN(Cc1ccccc1)Cc1ccccc1. The molecule has 0 spiro atoms. The van der Waals surface area contributed by atoms with Gasteiger partial charge in [0.15, 0.2) is 6.61 Å². The highest BCUT2D eigenvalue weighted by molar-refractivity contribution is 6.31. The molecule has 0 fully saturated rings. The third-order valence-electron chi connectivity index (χ3n) is 4.65. The van der Waals surface area contributed by atoms with Crippen LogP contribution in [0.25, 0.3) is 0 Å². The molecule has 3 aromatic carbocycles. The van der Waals surface area contributed by atoms with Crippen molar-refractivity contribution in [2.24, 2.45) is 0 Å². The second kappa shape index (κ2) is 11.9. The maximum atomic E-state index is 12.5. The molecule has 6 nitrogen and oxygen atoms in total. The minimum Gasteiger partial charge on any atom is -0.495 e. The van der Waals surface area contributed by atoms with E-state index in [1.54, 1.807) is 18.2 Å². The molecule has 0 saturated carbocycles. The van der Waals surface area contributed by atoms with Crippen LogP contribution in [-0.4, -0.2) is 37.0 Å². The molecule has 0 heterocycles. The van der Waals surface area contributed by atoms with Gasteiger partial charge in [-0.05, 0) is 29.3 Å². The second-order valence-corrected chi connectivity index (χ2v) is 7.61. The molecule has 0 aromatic heterocycles. The molecule has 32 heavy (non-hydrogen) atoms. The number of methoxy groups -OCH3 is 1. The van der Waals surface area contributed by atoms with Gasteiger partial charge in [-0.3, -0.25) is 14.5 Å². The number of nitrogens with zero attached hydrogens (tertiary/aromatic N) is 1. The first-order chi connectivity index (χ1) is 15.5. The van der Waals surface area contributed by atoms with Gasteiger partial charge in [0.25, 0.3) is 5.91 Å². The van der Waals surface area contributed by atoms with Gasteiger partial charge in [-0.1, -0.05) is 72.3 Å². The Morgan fingerprint density at radius 2 is 1.50 bits per heavy atom. The highest BCUT2D eigenvalue weighted by Crippen LogP contribution is 2.27. The van der Waals surface area contributed by atoms with E-state index in [9.17, 15) is 9.59 Å². The number of amides is 1. The Labute approximate surface area is 192 Å². The Bertz CT molecular complexity index is 987. The summed E-state index contributed by atoms with van der Waals surface area (Å²) in [6.07, 6.45) is 0. The zero-order valence-electron chi connectivity index (χ0n) is 17.8. The molecular formula is C25H25ClN2O4. The van der Waals surface area contributed by atoms with Crippen LogP contribution in [0.15, 0.2) is 78.9 Å². The molecule has 1 amide bonds. The average Bonchev–Trinajstić information content (AvgIpc) is 2.79. The van der Waals surface area contributed by atoms with E-state index in [2.05, 4.69) is 5.32 Å². The number of anilines is 1. The third-order valence-corrected chi connectivity index (χ3v) is 4.89. The summed E-state index contributed by atoms with van der Waals surface area (Å²) in [6, 6.07) is 24.7.